The predicted molar refractivity (Wildman–Crippen MR) is 84.3 cm³/mol. The van der Waals surface area contributed by atoms with Crippen molar-refractivity contribution in [1.29, 1.82) is 0 Å². The number of benzene rings is 1. The second-order valence-electron chi connectivity index (χ2n) is 6.35. The van der Waals surface area contributed by atoms with Crippen LogP contribution in [0.15, 0.2) is 18.2 Å². The summed E-state index contributed by atoms with van der Waals surface area (Å²) in [6, 6.07) is 2.55. The Morgan fingerprint density at radius 3 is 2.62 bits per heavy atom. The van der Waals surface area contributed by atoms with Gasteiger partial charge in [-0.1, -0.05) is 19.9 Å². The van der Waals surface area contributed by atoms with E-state index in [4.69, 9.17) is 4.74 Å². The molecule has 1 aliphatic carbocycles. The summed E-state index contributed by atoms with van der Waals surface area (Å²) in [5.74, 6) is -2.20. The number of hydrogen-bond donors (Lipinski definition) is 2. The maximum atomic E-state index is 13.8. The second-order valence-corrected chi connectivity index (χ2v) is 6.35. The highest BCUT2D eigenvalue weighted by Crippen LogP contribution is 2.42. The number of hydrogen-bond acceptors (Lipinski definition) is 3. The maximum absolute atomic E-state index is 13.8. The molecule has 1 aromatic carbocycles. The zero-order valence-corrected chi connectivity index (χ0v) is 13.9. The highest BCUT2D eigenvalue weighted by Gasteiger charge is 2.42. The summed E-state index contributed by atoms with van der Waals surface area (Å²) < 4.78 is 31.5. The first-order valence-corrected chi connectivity index (χ1v) is 7.87. The molecular formula is C17H22F2N2O3. The molecule has 7 heteroatoms. The van der Waals surface area contributed by atoms with Crippen LogP contribution >= 0.6 is 0 Å². The highest BCUT2D eigenvalue weighted by molar-refractivity contribution is 5.88. The minimum absolute atomic E-state index is 0.106. The van der Waals surface area contributed by atoms with E-state index in [9.17, 15) is 18.4 Å². The van der Waals surface area contributed by atoms with E-state index in [1.54, 1.807) is 0 Å². The molecule has 1 fully saturated rings. The molecule has 0 aliphatic heterocycles. The molecule has 1 aliphatic rings. The molecule has 1 aromatic rings. The molecule has 0 saturated heterocycles. The number of methoxy groups -OCH3 is 1. The van der Waals surface area contributed by atoms with Crippen LogP contribution in [0.4, 0.5) is 8.78 Å². The predicted octanol–water partition coefficient (Wildman–Crippen LogP) is 1.72. The van der Waals surface area contributed by atoms with E-state index in [0.717, 1.165) is 6.07 Å². The van der Waals surface area contributed by atoms with Crippen LogP contribution in [0.1, 0.15) is 31.7 Å². The van der Waals surface area contributed by atoms with Crippen LogP contribution in [-0.4, -0.2) is 37.6 Å². The topological polar surface area (TPSA) is 67.4 Å². The third-order valence-electron chi connectivity index (χ3n) is 4.02. The van der Waals surface area contributed by atoms with Gasteiger partial charge in [0.05, 0.1) is 0 Å². The summed E-state index contributed by atoms with van der Waals surface area (Å²) in [6.45, 7) is 3.52. The van der Waals surface area contributed by atoms with Crippen LogP contribution in [0.3, 0.4) is 0 Å². The van der Waals surface area contributed by atoms with Gasteiger partial charge >= 0.3 is 0 Å². The van der Waals surface area contributed by atoms with Crippen LogP contribution in [0.5, 0.6) is 0 Å². The number of halogens is 2. The minimum atomic E-state index is -0.688. The summed E-state index contributed by atoms with van der Waals surface area (Å²) in [6.07, 6.45) is 0.588. The molecule has 0 bridgehead atoms. The van der Waals surface area contributed by atoms with E-state index in [0.29, 0.717) is 12.0 Å². The average Bonchev–Trinajstić information content (AvgIpc) is 3.23. The Morgan fingerprint density at radius 2 is 2.04 bits per heavy atom. The van der Waals surface area contributed by atoms with Gasteiger partial charge in [0.25, 0.3) is 0 Å². The monoisotopic (exact) mass is 340 g/mol. The van der Waals surface area contributed by atoms with E-state index >= 15 is 0 Å². The molecule has 0 radical (unpaired) electrons. The van der Waals surface area contributed by atoms with E-state index in [1.807, 2.05) is 13.8 Å². The van der Waals surface area contributed by atoms with Gasteiger partial charge < -0.3 is 15.4 Å². The Morgan fingerprint density at radius 1 is 1.33 bits per heavy atom. The van der Waals surface area contributed by atoms with Gasteiger partial charge in [0.15, 0.2) is 0 Å². The van der Waals surface area contributed by atoms with Crippen LogP contribution in [0.25, 0.3) is 0 Å². The molecule has 2 amide bonds. The number of carbonyl (C=O) groups is 2. The van der Waals surface area contributed by atoms with Crippen molar-refractivity contribution in [2.75, 3.05) is 13.7 Å². The van der Waals surface area contributed by atoms with Crippen molar-refractivity contribution in [3.05, 3.63) is 35.4 Å². The van der Waals surface area contributed by atoms with Crippen molar-refractivity contribution in [3.8, 4) is 0 Å². The number of carbonyl (C=O) groups excluding carboxylic acids is 2. The summed E-state index contributed by atoms with van der Waals surface area (Å²) >= 11 is 0. The van der Waals surface area contributed by atoms with Crippen molar-refractivity contribution < 1.29 is 23.1 Å². The van der Waals surface area contributed by atoms with Gasteiger partial charge in [0, 0.05) is 25.1 Å². The fourth-order valence-corrected chi connectivity index (χ4v) is 2.65. The normalized spacial score (nSPS) is 20.6. The fourth-order valence-electron chi connectivity index (χ4n) is 2.65. The SMILES string of the molecule is COCC(=O)N[C@H](C(=O)N[C@H]1C[C@@H]1c1ccc(F)cc1F)C(C)C. The molecule has 3 atom stereocenters. The molecule has 24 heavy (non-hydrogen) atoms. The summed E-state index contributed by atoms with van der Waals surface area (Å²) in [5.41, 5.74) is 0.395. The van der Waals surface area contributed by atoms with Crippen LogP contribution < -0.4 is 10.6 Å². The summed E-state index contributed by atoms with van der Waals surface area (Å²) in [4.78, 5) is 24.0. The Bertz CT molecular complexity index is 622. The van der Waals surface area contributed by atoms with E-state index < -0.39 is 17.7 Å². The largest absolute Gasteiger partial charge is 0.375 e. The van der Waals surface area contributed by atoms with Crippen LogP contribution in [-0.2, 0) is 14.3 Å². The second kappa shape index (κ2) is 7.70. The molecule has 0 heterocycles. The van der Waals surface area contributed by atoms with Crippen molar-refractivity contribution in [3.63, 3.8) is 0 Å². The number of nitrogens with one attached hydrogen (secondary N) is 2. The molecule has 0 unspecified atom stereocenters. The fraction of sp³-hybridized carbons (Fsp3) is 0.529. The van der Waals surface area contributed by atoms with Crippen molar-refractivity contribution >= 4 is 11.8 Å². The minimum Gasteiger partial charge on any atom is -0.375 e. The standard InChI is InChI=1S/C17H22F2N2O3/c1-9(2)16(21-15(22)8-24-3)17(23)20-14-7-12(14)11-5-4-10(18)6-13(11)19/h4-6,9,12,14,16H,7-8H2,1-3H3,(H,20,23)(H,21,22)/t12-,14+,16+/m1/s1. The number of ether oxygens (including phenoxy) is 1. The number of rotatable bonds is 7. The van der Waals surface area contributed by atoms with Gasteiger partial charge in [-0.15, -0.1) is 0 Å². The smallest absolute Gasteiger partial charge is 0.246 e. The van der Waals surface area contributed by atoms with Crippen LogP contribution in [0, 0.1) is 17.6 Å². The molecule has 0 aromatic heterocycles. The third-order valence-corrected chi connectivity index (χ3v) is 4.02. The first-order valence-electron chi connectivity index (χ1n) is 7.87. The van der Waals surface area contributed by atoms with Crippen molar-refractivity contribution in [2.24, 2.45) is 5.92 Å². The van der Waals surface area contributed by atoms with Gasteiger partial charge in [-0.05, 0) is 24.0 Å². The van der Waals surface area contributed by atoms with E-state index in [-0.39, 0.29) is 36.3 Å². The molecule has 1 saturated carbocycles. The molecule has 2 rings (SSSR count). The van der Waals surface area contributed by atoms with Gasteiger partial charge in [-0.25, -0.2) is 8.78 Å². The lowest BCUT2D eigenvalue weighted by Gasteiger charge is -2.21. The maximum Gasteiger partial charge on any atom is 0.246 e. The van der Waals surface area contributed by atoms with Crippen molar-refractivity contribution in [2.45, 2.75) is 38.3 Å². The Labute approximate surface area is 139 Å². The lowest BCUT2D eigenvalue weighted by molar-refractivity contribution is -0.132. The lowest BCUT2D eigenvalue weighted by Crippen LogP contribution is -2.51. The van der Waals surface area contributed by atoms with E-state index in [1.165, 1.54) is 19.2 Å². The highest BCUT2D eigenvalue weighted by atomic mass is 19.1. The van der Waals surface area contributed by atoms with Gasteiger partial charge in [0.1, 0.15) is 24.3 Å². The Kier molecular flexibility index (Phi) is 5.88. The van der Waals surface area contributed by atoms with E-state index in [2.05, 4.69) is 10.6 Å². The summed E-state index contributed by atoms with van der Waals surface area (Å²) in [7, 11) is 1.40. The number of amides is 2. The molecule has 132 valence electrons. The van der Waals surface area contributed by atoms with Gasteiger partial charge in [-0.3, -0.25) is 9.59 Å². The van der Waals surface area contributed by atoms with Gasteiger partial charge in [-0.2, -0.15) is 0 Å². The summed E-state index contributed by atoms with van der Waals surface area (Å²) in [5, 5.41) is 5.44. The van der Waals surface area contributed by atoms with Crippen molar-refractivity contribution in [1.82, 2.24) is 10.6 Å². The third kappa shape index (κ3) is 4.50. The molecule has 2 N–H and O–H groups in total. The molecular weight excluding hydrogens is 318 g/mol. The zero-order chi connectivity index (χ0) is 17.9. The zero-order valence-electron chi connectivity index (χ0n) is 13.9. The quantitative estimate of drug-likeness (QED) is 0.794. The average molecular weight is 340 g/mol. The Balaban J connectivity index is 1.95. The Hall–Kier alpha value is -2.02. The van der Waals surface area contributed by atoms with Crippen LogP contribution in [0.2, 0.25) is 0 Å². The van der Waals surface area contributed by atoms with Gasteiger partial charge in [0.2, 0.25) is 11.8 Å². The molecule has 0 spiro atoms. The molecule has 5 nitrogen and oxygen atoms in total. The first kappa shape index (κ1) is 18.3. The first-order chi connectivity index (χ1) is 11.3. The lowest BCUT2D eigenvalue weighted by atomic mass is 10.0.